The van der Waals surface area contributed by atoms with Crippen LogP contribution in [0, 0.1) is 0 Å². The van der Waals surface area contributed by atoms with Crippen molar-refractivity contribution < 1.29 is 14.3 Å². The molecule has 25 heavy (non-hydrogen) atoms. The van der Waals surface area contributed by atoms with Crippen LogP contribution in [0.1, 0.15) is 25.3 Å². The Hall–Kier alpha value is -2.49. The van der Waals surface area contributed by atoms with Gasteiger partial charge in [0.15, 0.2) is 0 Å². The van der Waals surface area contributed by atoms with E-state index in [1.165, 1.54) is 0 Å². The maximum atomic E-state index is 12.6. The SMILES string of the molecule is CCOc1ccc(CC(=O)N2CCCC(Oc3ccccc3)C2)cc1. The molecule has 2 aromatic rings. The van der Waals surface area contributed by atoms with E-state index in [0.29, 0.717) is 19.6 Å². The second-order valence-corrected chi connectivity index (χ2v) is 6.29. The molecule has 0 aromatic heterocycles. The van der Waals surface area contributed by atoms with E-state index in [0.717, 1.165) is 36.4 Å². The molecule has 1 amide bonds. The summed E-state index contributed by atoms with van der Waals surface area (Å²) in [6.07, 6.45) is 2.46. The Morgan fingerprint density at radius 2 is 1.84 bits per heavy atom. The molecule has 1 aliphatic rings. The third-order valence-corrected chi connectivity index (χ3v) is 4.37. The van der Waals surface area contributed by atoms with Crippen molar-refractivity contribution in [1.29, 1.82) is 0 Å². The summed E-state index contributed by atoms with van der Waals surface area (Å²) < 4.78 is 11.5. The molecular formula is C21H25NO3. The first-order valence-corrected chi connectivity index (χ1v) is 8.96. The number of piperidine rings is 1. The Morgan fingerprint density at radius 3 is 2.56 bits per heavy atom. The predicted molar refractivity (Wildman–Crippen MR) is 98.0 cm³/mol. The molecule has 132 valence electrons. The van der Waals surface area contributed by atoms with Gasteiger partial charge in [0.05, 0.1) is 19.6 Å². The van der Waals surface area contributed by atoms with Crippen molar-refractivity contribution in [2.45, 2.75) is 32.3 Å². The van der Waals surface area contributed by atoms with Crippen LogP contribution < -0.4 is 9.47 Å². The summed E-state index contributed by atoms with van der Waals surface area (Å²) in [5.41, 5.74) is 1.01. The van der Waals surface area contributed by atoms with Crippen LogP contribution in [-0.2, 0) is 11.2 Å². The third-order valence-electron chi connectivity index (χ3n) is 4.37. The van der Waals surface area contributed by atoms with E-state index >= 15 is 0 Å². The van der Waals surface area contributed by atoms with Gasteiger partial charge in [-0.15, -0.1) is 0 Å². The molecule has 2 aromatic carbocycles. The first-order chi connectivity index (χ1) is 12.2. The number of rotatable bonds is 6. The Kier molecular flexibility index (Phi) is 5.94. The van der Waals surface area contributed by atoms with Gasteiger partial charge < -0.3 is 14.4 Å². The number of para-hydroxylation sites is 1. The molecular weight excluding hydrogens is 314 g/mol. The number of carbonyl (C=O) groups excluding carboxylic acids is 1. The van der Waals surface area contributed by atoms with Gasteiger partial charge in [-0.2, -0.15) is 0 Å². The fraction of sp³-hybridized carbons (Fsp3) is 0.381. The van der Waals surface area contributed by atoms with Crippen LogP contribution >= 0.6 is 0 Å². The minimum absolute atomic E-state index is 0.0698. The number of nitrogens with zero attached hydrogens (tertiary/aromatic N) is 1. The molecule has 0 N–H and O–H groups in total. The third kappa shape index (κ3) is 4.99. The number of likely N-dealkylation sites (tertiary alicyclic amines) is 1. The molecule has 4 heteroatoms. The van der Waals surface area contributed by atoms with Gasteiger partial charge in [-0.05, 0) is 49.6 Å². The summed E-state index contributed by atoms with van der Waals surface area (Å²) in [5.74, 6) is 1.87. The molecule has 1 unspecified atom stereocenters. The minimum atomic E-state index is 0.0698. The zero-order valence-electron chi connectivity index (χ0n) is 14.7. The molecule has 1 fully saturated rings. The highest BCUT2D eigenvalue weighted by Gasteiger charge is 2.24. The lowest BCUT2D eigenvalue weighted by molar-refractivity contribution is -0.133. The highest BCUT2D eigenvalue weighted by molar-refractivity contribution is 5.79. The van der Waals surface area contributed by atoms with E-state index in [9.17, 15) is 4.79 Å². The minimum Gasteiger partial charge on any atom is -0.494 e. The van der Waals surface area contributed by atoms with Crippen LogP contribution in [0.4, 0.5) is 0 Å². The topological polar surface area (TPSA) is 38.8 Å². The van der Waals surface area contributed by atoms with Gasteiger partial charge in [0.25, 0.3) is 0 Å². The zero-order valence-corrected chi connectivity index (χ0v) is 14.7. The molecule has 0 saturated carbocycles. The van der Waals surface area contributed by atoms with Gasteiger partial charge >= 0.3 is 0 Å². The fourth-order valence-corrected chi connectivity index (χ4v) is 3.11. The quantitative estimate of drug-likeness (QED) is 0.805. The fourth-order valence-electron chi connectivity index (χ4n) is 3.11. The van der Waals surface area contributed by atoms with Crippen molar-refractivity contribution in [1.82, 2.24) is 4.90 Å². The molecule has 0 aliphatic carbocycles. The van der Waals surface area contributed by atoms with E-state index in [4.69, 9.17) is 9.47 Å². The molecule has 1 atom stereocenters. The normalized spacial score (nSPS) is 17.2. The van der Waals surface area contributed by atoms with Gasteiger partial charge in [-0.25, -0.2) is 0 Å². The highest BCUT2D eigenvalue weighted by Crippen LogP contribution is 2.19. The first-order valence-electron chi connectivity index (χ1n) is 8.96. The van der Waals surface area contributed by atoms with Crippen molar-refractivity contribution in [3.05, 3.63) is 60.2 Å². The van der Waals surface area contributed by atoms with Crippen molar-refractivity contribution >= 4 is 5.91 Å². The van der Waals surface area contributed by atoms with E-state index in [-0.39, 0.29) is 12.0 Å². The average molecular weight is 339 g/mol. The van der Waals surface area contributed by atoms with Crippen LogP contribution in [0.15, 0.2) is 54.6 Å². The number of hydrogen-bond acceptors (Lipinski definition) is 3. The number of carbonyl (C=O) groups is 1. The van der Waals surface area contributed by atoms with Crippen LogP contribution in [0.25, 0.3) is 0 Å². The summed E-state index contributed by atoms with van der Waals surface area (Å²) >= 11 is 0. The average Bonchev–Trinajstić information content (AvgIpc) is 2.65. The number of benzene rings is 2. The van der Waals surface area contributed by atoms with Crippen molar-refractivity contribution in [2.75, 3.05) is 19.7 Å². The molecule has 1 aliphatic heterocycles. The van der Waals surface area contributed by atoms with Gasteiger partial charge in [-0.1, -0.05) is 30.3 Å². The van der Waals surface area contributed by atoms with Crippen LogP contribution in [0.5, 0.6) is 11.5 Å². The monoisotopic (exact) mass is 339 g/mol. The van der Waals surface area contributed by atoms with E-state index in [1.54, 1.807) is 0 Å². The number of amides is 1. The predicted octanol–water partition coefficient (Wildman–Crippen LogP) is 3.70. The van der Waals surface area contributed by atoms with Gasteiger partial charge in [0, 0.05) is 6.54 Å². The summed E-state index contributed by atoms with van der Waals surface area (Å²) in [7, 11) is 0. The van der Waals surface area contributed by atoms with Crippen LogP contribution in [0.2, 0.25) is 0 Å². The highest BCUT2D eigenvalue weighted by atomic mass is 16.5. The molecule has 0 bridgehead atoms. The maximum Gasteiger partial charge on any atom is 0.227 e. The Labute approximate surface area is 149 Å². The van der Waals surface area contributed by atoms with Gasteiger partial charge in [0.2, 0.25) is 5.91 Å². The van der Waals surface area contributed by atoms with E-state index in [1.807, 2.05) is 66.4 Å². The number of hydrogen-bond donors (Lipinski definition) is 0. The second kappa shape index (κ2) is 8.56. The molecule has 0 spiro atoms. The van der Waals surface area contributed by atoms with Crippen molar-refractivity contribution in [2.24, 2.45) is 0 Å². The van der Waals surface area contributed by atoms with Crippen LogP contribution in [0.3, 0.4) is 0 Å². The summed E-state index contributed by atoms with van der Waals surface area (Å²) in [4.78, 5) is 14.5. The molecule has 1 heterocycles. The largest absolute Gasteiger partial charge is 0.494 e. The summed E-state index contributed by atoms with van der Waals surface area (Å²) in [6.45, 7) is 4.08. The lowest BCUT2D eigenvalue weighted by atomic mass is 10.1. The Bertz CT molecular complexity index is 669. The van der Waals surface area contributed by atoms with E-state index < -0.39 is 0 Å². The molecule has 4 nitrogen and oxygen atoms in total. The standard InChI is InChI=1S/C21H25NO3/c1-2-24-18-12-10-17(11-13-18)15-21(23)22-14-6-9-20(16-22)25-19-7-4-3-5-8-19/h3-5,7-8,10-13,20H,2,6,9,14-16H2,1H3. The Morgan fingerprint density at radius 1 is 1.08 bits per heavy atom. The zero-order chi connectivity index (χ0) is 17.5. The van der Waals surface area contributed by atoms with Gasteiger partial charge in [-0.3, -0.25) is 4.79 Å². The van der Waals surface area contributed by atoms with Crippen molar-refractivity contribution in [3.63, 3.8) is 0 Å². The molecule has 3 rings (SSSR count). The Balaban J connectivity index is 1.54. The maximum absolute atomic E-state index is 12.6. The van der Waals surface area contributed by atoms with Crippen molar-refractivity contribution in [3.8, 4) is 11.5 Å². The lowest BCUT2D eigenvalue weighted by Crippen LogP contribution is -2.45. The molecule has 1 saturated heterocycles. The summed E-state index contributed by atoms with van der Waals surface area (Å²) in [5, 5.41) is 0. The first kappa shape index (κ1) is 17.3. The smallest absolute Gasteiger partial charge is 0.227 e. The number of ether oxygens (including phenoxy) is 2. The summed E-state index contributed by atoms with van der Waals surface area (Å²) in [6, 6.07) is 17.6. The van der Waals surface area contributed by atoms with Gasteiger partial charge in [0.1, 0.15) is 17.6 Å². The lowest BCUT2D eigenvalue weighted by Gasteiger charge is -2.33. The second-order valence-electron chi connectivity index (χ2n) is 6.29. The molecule has 0 radical (unpaired) electrons. The van der Waals surface area contributed by atoms with E-state index in [2.05, 4.69) is 0 Å². The van der Waals surface area contributed by atoms with Crippen LogP contribution in [-0.4, -0.2) is 36.6 Å².